The zero-order valence-corrected chi connectivity index (χ0v) is 59.3. The lowest BCUT2D eigenvalue weighted by Gasteiger charge is -2.40. The minimum absolute atomic E-state index is 0.155. The van der Waals surface area contributed by atoms with Crippen molar-refractivity contribution >= 4 is 46.7 Å². The van der Waals surface area contributed by atoms with Crippen molar-refractivity contribution in [1.82, 2.24) is 0 Å². The Kier molecular flexibility index (Phi) is 43.6. The smallest absolute Gasteiger partial charge is 0.475 e. The van der Waals surface area contributed by atoms with Gasteiger partial charge in [-0.1, -0.05) is 176 Å². The van der Waals surface area contributed by atoms with Crippen molar-refractivity contribution in [2.45, 2.75) is 343 Å². The minimum atomic E-state index is -5.08. The third kappa shape index (κ3) is 33.2. The number of rotatable bonds is 20. The molecule has 2 N–H and O–H groups in total. The van der Waals surface area contributed by atoms with Crippen LogP contribution in [0.25, 0.3) is 0 Å². The number of cyclic esters (lactones) is 1. The van der Waals surface area contributed by atoms with Gasteiger partial charge in [0.2, 0.25) is 0 Å². The highest BCUT2D eigenvalue weighted by Gasteiger charge is 2.41. The van der Waals surface area contributed by atoms with Gasteiger partial charge in [-0.25, -0.2) is 4.79 Å². The summed E-state index contributed by atoms with van der Waals surface area (Å²) in [6.07, 6.45) is 48.0. The van der Waals surface area contributed by atoms with E-state index in [2.05, 4.69) is 41.5 Å². The molecule has 3 aliphatic heterocycles. The topological polar surface area (TPSA) is 136 Å². The van der Waals surface area contributed by atoms with Crippen LogP contribution < -0.4 is 0 Å². The molecular formula is C75H133Cl2F3O9. The zero-order valence-electron chi connectivity index (χ0n) is 57.8. The normalized spacial score (nSPS) is 32.7. The molecule has 0 aromatic carbocycles. The van der Waals surface area contributed by atoms with E-state index in [1.807, 2.05) is 0 Å². The maximum Gasteiger partial charge on any atom is 0.490 e. The van der Waals surface area contributed by atoms with Crippen LogP contribution in [-0.2, 0) is 33.4 Å². The number of aliphatic carboxylic acids is 1. The van der Waals surface area contributed by atoms with Crippen LogP contribution in [-0.4, -0.2) is 83.4 Å². The number of aliphatic hydroxyl groups excluding tert-OH is 1. The van der Waals surface area contributed by atoms with Crippen LogP contribution in [0.15, 0.2) is 0 Å². The first-order chi connectivity index (χ1) is 42.7. The van der Waals surface area contributed by atoms with Gasteiger partial charge in [0.15, 0.2) is 0 Å². The Morgan fingerprint density at radius 1 is 0.506 bits per heavy atom. The van der Waals surface area contributed by atoms with E-state index < -0.39 is 12.1 Å². The number of halogens is 5. The Morgan fingerprint density at radius 3 is 1.22 bits per heavy atom. The first kappa shape index (κ1) is 81.8. The number of hydrogen-bond acceptors (Lipinski definition) is 8. The van der Waals surface area contributed by atoms with Crippen LogP contribution in [0.1, 0.15) is 319 Å². The largest absolute Gasteiger partial charge is 0.490 e. The number of alkyl halides is 5. The van der Waals surface area contributed by atoms with Crippen LogP contribution in [0.2, 0.25) is 0 Å². The van der Waals surface area contributed by atoms with Crippen molar-refractivity contribution in [2.75, 3.05) is 25.2 Å². The molecule has 9 nitrogen and oxygen atoms in total. The van der Waals surface area contributed by atoms with E-state index in [4.69, 9.17) is 47.3 Å². The third-order valence-corrected chi connectivity index (χ3v) is 23.0. The number of carbonyl (C=O) groups excluding carboxylic acids is 3. The molecule has 0 aromatic heterocycles. The SMILES string of the molecule is C1CCOC1.CCC1CCC(CC(C)=O)CC1.CCCC1CCC(C(O)CCC(C(C)=O)C2CCC(CC)CC2)CC1.CCCC1CCC(C2CCC(C3CCC(CC)CC3)C(=O)O2)CC1.CCCC1CCC(C2CCO2)CC1.ClCCl.O=C(O)C(F)(F)F. The fourth-order valence-corrected chi connectivity index (χ4v) is 17.0. The highest BCUT2D eigenvalue weighted by molar-refractivity contribution is 6.40. The highest BCUT2D eigenvalue weighted by atomic mass is 35.5. The highest BCUT2D eigenvalue weighted by Crippen LogP contribution is 2.44. The Morgan fingerprint density at radius 2 is 0.876 bits per heavy atom. The van der Waals surface area contributed by atoms with Crippen molar-refractivity contribution in [1.29, 1.82) is 0 Å². The van der Waals surface area contributed by atoms with Gasteiger partial charge >= 0.3 is 18.1 Å². The molecule has 9 aliphatic rings. The van der Waals surface area contributed by atoms with Gasteiger partial charge in [-0.15, -0.1) is 23.2 Å². The molecule has 6 aliphatic carbocycles. The van der Waals surface area contributed by atoms with E-state index in [1.165, 1.54) is 231 Å². The monoisotopic (exact) mass is 1300 g/mol. The molecule has 0 radical (unpaired) electrons. The average Bonchev–Trinajstić information content (AvgIpc) is 4.36. The van der Waals surface area contributed by atoms with Crippen molar-refractivity contribution in [3.05, 3.63) is 0 Å². The van der Waals surface area contributed by atoms with Crippen molar-refractivity contribution in [2.24, 2.45) is 82.9 Å². The second-order valence-corrected chi connectivity index (χ2v) is 30.0. The quantitative estimate of drug-likeness (QED) is 0.0902. The second-order valence-electron chi connectivity index (χ2n) is 29.2. The molecule has 5 atom stereocenters. The lowest BCUT2D eigenvalue weighted by molar-refractivity contribution is -0.192. The average molecular weight is 1310 g/mol. The maximum absolute atomic E-state index is 12.6. The summed E-state index contributed by atoms with van der Waals surface area (Å²) in [5, 5.41) is 18.0. The van der Waals surface area contributed by atoms with Gasteiger partial charge in [-0.3, -0.25) is 9.59 Å². The minimum Gasteiger partial charge on any atom is -0.475 e. The van der Waals surface area contributed by atoms with E-state index in [0.717, 1.165) is 93.4 Å². The molecule has 3 saturated heterocycles. The molecule has 0 bridgehead atoms. The molecule has 3 heterocycles. The van der Waals surface area contributed by atoms with Crippen LogP contribution in [0, 0.1) is 82.9 Å². The maximum atomic E-state index is 12.6. The molecule has 0 amide bonds. The molecule has 0 spiro atoms. The Labute approximate surface area is 551 Å². The van der Waals surface area contributed by atoms with E-state index in [9.17, 15) is 32.7 Å². The van der Waals surface area contributed by atoms with Gasteiger partial charge < -0.3 is 29.2 Å². The van der Waals surface area contributed by atoms with Gasteiger partial charge in [-0.05, 0) is 207 Å². The summed E-state index contributed by atoms with van der Waals surface area (Å²) in [5.74, 6) is 8.12. The molecule has 89 heavy (non-hydrogen) atoms. The Balaban J connectivity index is 0.000000296. The predicted octanol–water partition coefficient (Wildman–Crippen LogP) is 21.7. The summed E-state index contributed by atoms with van der Waals surface area (Å²) in [6, 6.07) is 0. The van der Waals surface area contributed by atoms with E-state index in [0.29, 0.717) is 47.3 Å². The molecule has 0 aromatic rings. The summed E-state index contributed by atoms with van der Waals surface area (Å²) in [7, 11) is 0. The summed E-state index contributed by atoms with van der Waals surface area (Å²) in [5.41, 5.74) is 0. The number of ketones is 2. The predicted molar refractivity (Wildman–Crippen MR) is 360 cm³/mol. The number of carboxylic acids is 1. The lowest BCUT2D eigenvalue weighted by atomic mass is 9.71. The third-order valence-electron chi connectivity index (χ3n) is 23.0. The fraction of sp³-hybridized carbons (Fsp3) is 0.947. The van der Waals surface area contributed by atoms with Gasteiger partial charge in [0.25, 0.3) is 0 Å². The lowest BCUT2D eigenvalue weighted by Crippen LogP contribution is -2.40. The molecule has 5 unspecified atom stereocenters. The number of carboxylic acid groups (broad SMARTS) is 1. The van der Waals surface area contributed by atoms with Crippen molar-refractivity contribution in [3.8, 4) is 0 Å². The van der Waals surface area contributed by atoms with Crippen molar-refractivity contribution < 1.29 is 56.8 Å². The van der Waals surface area contributed by atoms with Gasteiger partial charge in [0.1, 0.15) is 17.7 Å². The summed E-state index contributed by atoms with van der Waals surface area (Å²) >= 11 is 9.53. The molecule has 6 saturated carbocycles. The fourth-order valence-electron chi connectivity index (χ4n) is 17.0. The number of ether oxygens (including phenoxy) is 3. The van der Waals surface area contributed by atoms with Crippen LogP contribution >= 0.6 is 23.2 Å². The van der Waals surface area contributed by atoms with E-state index >= 15 is 0 Å². The number of esters is 1. The standard InChI is InChI=1S/C23H42O2.C22H38O2.C12H22O.C11H20O.C4H8O.C2HF3O2.CH2Cl2/c1-4-6-19-9-13-21(14-10-19)23(25)16-15-22(17(3)24)20-11-7-18(5-2)8-12-20;1-3-5-17-8-12-19(13-9-17)21-15-14-20(22(23)24-21)18-10-6-16(4-2)7-11-18;1-2-3-10-4-6-11(7-5-10)12-8-9-13-12;1-3-10-4-6-11(7-5-10)8-9(2)12;1-2-4-5-3-1;3-2(4,5)1(6)7;2-1-3/h18-23,25H,4-16H2,1-3H3;16-21H,3-15H2,1-2H3;10-12H,2-9H2,1H3;10-11H,3-8H2,1-2H3;1-4H2;(H,6,7);1H2. The Hall–Kier alpha value is -1.47. The molecular weight excluding hydrogens is 1170 g/mol. The van der Waals surface area contributed by atoms with E-state index in [1.54, 1.807) is 13.8 Å². The van der Waals surface area contributed by atoms with Crippen LogP contribution in [0.3, 0.4) is 0 Å². The van der Waals surface area contributed by atoms with Crippen LogP contribution in [0.5, 0.6) is 0 Å². The zero-order chi connectivity index (χ0) is 65.6. The number of carbonyl (C=O) groups is 4. The first-order valence-corrected chi connectivity index (χ1v) is 38.3. The van der Waals surface area contributed by atoms with Gasteiger partial charge in [0, 0.05) is 32.2 Å². The summed E-state index contributed by atoms with van der Waals surface area (Å²) < 4.78 is 48.2. The van der Waals surface area contributed by atoms with Crippen molar-refractivity contribution in [3.63, 3.8) is 0 Å². The summed E-state index contributed by atoms with van der Waals surface area (Å²) in [4.78, 5) is 44.6. The van der Waals surface area contributed by atoms with E-state index in [-0.39, 0.29) is 35.4 Å². The number of aliphatic hydroxyl groups is 1. The molecule has 9 fully saturated rings. The molecule has 14 heteroatoms. The number of hydrogen-bond donors (Lipinski definition) is 2. The molecule has 9 rings (SSSR count). The summed E-state index contributed by atoms with van der Waals surface area (Å²) in [6.45, 7) is 20.3. The first-order valence-electron chi connectivity index (χ1n) is 37.2. The number of Topliss-reactive ketones (excluding diaryl/α,β-unsaturated/α-hetero) is 2. The second kappa shape index (κ2) is 47.4. The van der Waals surface area contributed by atoms with Gasteiger partial charge in [-0.2, -0.15) is 13.2 Å². The van der Waals surface area contributed by atoms with Crippen LogP contribution in [0.4, 0.5) is 13.2 Å². The molecule has 522 valence electrons. The Bertz CT molecular complexity index is 1790. The van der Waals surface area contributed by atoms with Gasteiger partial charge in [0.05, 0.1) is 23.5 Å².